The van der Waals surface area contributed by atoms with Gasteiger partial charge in [0.15, 0.2) is 0 Å². The van der Waals surface area contributed by atoms with Crippen LogP contribution in [0.2, 0.25) is 0 Å². The number of aromatic nitrogens is 4. The molecule has 2 aromatic heterocycles. The van der Waals surface area contributed by atoms with Crippen LogP contribution in [0.3, 0.4) is 0 Å². The minimum Gasteiger partial charge on any atom is -0.258 e. The summed E-state index contributed by atoms with van der Waals surface area (Å²) in [5.74, 6) is 1.30. The molecule has 1 fully saturated rings. The number of hydrogen-bond acceptors (Lipinski definition) is 7. The molecule has 8 nitrogen and oxygen atoms in total. The van der Waals surface area contributed by atoms with Crippen molar-refractivity contribution in [1.29, 1.82) is 5.26 Å². The van der Waals surface area contributed by atoms with Gasteiger partial charge in [-0.3, -0.25) is 10.1 Å². The second-order valence-electron chi connectivity index (χ2n) is 5.76. The Morgan fingerprint density at radius 1 is 1.19 bits per heavy atom. The molecule has 0 N–H and O–H groups in total. The Bertz CT molecular complexity index is 1020. The van der Waals surface area contributed by atoms with Crippen LogP contribution < -0.4 is 0 Å². The fraction of sp³-hybridized carbons (Fsp3) is 0.176. The standard InChI is InChI=1S/C17H12N6O2S/c18-10-13-14(23(24)25)8-9-15(19-13)26-17-20-16(11-6-7-11)22(21-17)12-4-2-1-3-5-12/h1-5,8-9,11H,6-7H2. The SMILES string of the molecule is N#Cc1nc(Sc2nc(C3CC3)n(-c3ccccc3)n2)ccc1[N+](=O)[O-]. The first-order valence-electron chi connectivity index (χ1n) is 7.91. The van der Waals surface area contributed by atoms with Crippen LogP contribution in [0.5, 0.6) is 0 Å². The molecular formula is C17H12N6O2S. The van der Waals surface area contributed by atoms with E-state index in [2.05, 4.69) is 15.1 Å². The van der Waals surface area contributed by atoms with Crippen molar-refractivity contribution in [2.24, 2.45) is 0 Å². The van der Waals surface area contributed by atoms with Crippen molar-refractivity contribution in [3.8, 4) is 11.8 Å². The summed E-state index contributed by atoms with van der Waals surface area (Å²) in [5, 5.41) is 25.5. The highest BCUT2D eigenvalue weighted by Crippen LogP contribution is 2.41. The molecule has 1 saturated carbocycles. The molecule has 0 atom stereocenters. The van der Waals surface area contributed by atoms with Crippen LogP contribution in [0, 0.1) is 21.4 Å². The fourth-order valence-corrected chi connectivity index (χ4v) is 3.25. The van der Waals surface area contributed by atoms with E-state index in [-0.39, 0.29) is 11.4 Å². The van der Waals surface area contributed by atoms with E-state index < -0.39 is 4.92 Å². The molecule has 1 aliphatic carbocycles. The fourth-order valence-electron chi connectivity index (χ4n) is 2.53. The van der Waals surface area contributed by atoms with Gasteiger partial charge >= 0.3 is 5.69 Å². The Labute approximate surface area is 152 Å². The van der Waals surface area contributed by atoms with Gasteiger partial charge in [-0.15, -0.1) is 5.10 Å². The average Bonchev–Trinajstić information content (AvgIpc) is 3.42. The van der Waals surface area contributed by atoms with Crippen molar-refractivity contribution in [3.63, 3.8) is 0 Å². The summed E-state index contributed by atoms with van der Waals surface area (Å²) in [4.78, 5) is 19.0. The van der Waals surface area contributed by atoms with Crippen molar-refractivity contribution >= 4 is 17.4 Å². The van der Waals surface area contributed by atoms with Crippen LogP contribution in [0.1, 0.15) is 30.3 Å². The van der Waals surface area contributed by atoms with Gasteiger partial charge in [0.05, 0.1) is 10.6 Å². The maximum Gasteiger partial charge on any atom is 0.305 e. The summed E-state index contributed by atoms with van der Waals surface area (Å²) in [7, 11) is 0. The number of nitrogens with zero attached hydrogens (tertiary/aromatic N) is 6. The molecule has 4 rings (SSSR count). The van der Waals surface area contributed by atoms with E-state index in [1.807, 2.05) is 35.0 Å². The van der Waals surface area contributed by atoms with E-state index in [9.17, 15) is 10.1 Å². The molecule has 0 unspecified atom stereocenters. The Morgan fingerprint density at radius 2 is 1.96 bits per heavy atom. The molecule has 0 amide bonds. The first-order chi connectivity index (χ1) is 12.7. The van der Waals surface area contributed by atoms with Gasteiger partial charge in [-0.2, -0.15) is 5.26 Å². The quantitative estimate of drug-likeness (QED) is 0.503. The molecule has 2 heterocycles. The molecule has 3 aromatic rings. The lowest BCUT2D eigenvalue weighted by Gasteiger charge is -2.03. The van der Waals surface area contributed by atoms with Gasteiger partial charge in [-0.05, 0) is 42.8 Å². The number of nitro groups is 1. The predicted molar refractivity (Wildman–Crippen MR) is 93.1 cm³/mol. The highest BCUT2D eigenvalue weighted by Gasteiger charge is 2.30. The number of nitriles is 1. The van der Waals surface area contributed by atoms with Crippen LogP contribution in [0.4, 0.5) is 5.69 Å². The second-order valence-corrected chi connectivity index (χ2v) is 6.75. The van der Waals surface area contributed by atoms with Gasteiger partial charge in [0.25, 0.3) is 0 Å². The maximum absolute atomic E-state index is 10.9. The van der Waals surface area contributed by atoms with E-state index >= 15 is 0 Å². The van der Waals surface area contributed by atoms with Crippen LogP contribution in [0.25, 0.3) is 5.69 Å². The van der Waals surface area contributed by atoms with E-state index in [0.717, 1.165) is 24.4 Å². The molecule has 0 saturated heterocycles. The highest BCUT2D eigenvalue weighted by atomic mass is 32.2. The Hall–Kier alpha value is -3.25. The summed E-state index contributed by atoms with van der Waals surface area (Å²) in [5.41, 5.74) is 0.409. The normalized spacial score (nSPS) is 13.3. The Kier molecular flexibility index (Phi) is 4.10. The topological polar surface area (TPSA) is 111 Å². The van der Waals surface area contributed by atoms with Crippen molar-refractivity contribution in [2.45, 2.75) is 28.9 Å². The monoisotopic (exact) mass is 364 g/mol. The first-order valence-corrected chi connectivity index (χ1v) is 8.73. The minimum atomic E-state index is -0.617. The summed E-state index contributed by atoms with van der Waals surface area (Å²) in [6, 6.07) is 14.3. The van der Waals surface area contributed by atoms with Crippen molar-refractivity contribution < 1.29 is 4.92 Å². The largest absolute Gasteiger partial charge is 0.305 e. The van der Waals surface area contributed by atoms with E-state index in [1.165, 1.54) is 23.9 Å². The number of benzene rings is 1. The Morgan fingerprint density at radius 3 is 2.62 bits per heavy atom. The molecule has 128 valence electrons. The van der Waals surface area contributed by atoms with E-state index in [4.69, 9.17) is 5.26 Å². The number of rotatable bonds is 5. The predicted octanol–water partition coefficient (Wildman–Crippen LogP) is 3.47. The van der Waals surface area contributed by atoms with Crippen LogP contribution >= 0.6 is 11.8 Å². The molecular weight excluding hydrogens is 352 g/mol. The van der Waals surface area contributed by atoms with E-state index in [0.29, 0.717) is 16.1 Å². The first kappa shape index (κ1) is 16.2. The third kappa shape index (κ3) is 3.14. The molecule has 0 bridgehead atoms. The second kappa shape index (κ2) is 6.57. The van der Waals surface area contributed by atoms with Gasteiger partial charge in [0.1, 0.15) is 16.9 Å². The zero-order chi connectivity index (χ0) is 18.1. The third-order valence-corrected chi connectivity index (χ3v) is 4.69. The zero-order valence-corrected chi connectivity index (χ0v) is 14.3. The molecule has 26 heavy (non-hydrogen) atoms. The minimum absolute atomic E-state index is 0.218. The molecule has 1 aliphatic rings. The average molecular weight is 364 g/mol. The van der Waals surface area contributed by atoms with Crippen LogP contribution in [-0.4, -0.2) is 24.7 Å². The lowest BCUT2D eigenvalue weighted by molar-refractivity contribution is -0.385. The number of para-hydroxylation sites is 1. The summed E-state index contributed by atoms with van der Waals surface area (Å²) in [6.45, 7) is 0. The molecule has 0 aliphatic heterocycles. The van der Waals surface area contributed by atoms with Crippen molar-refractivity contribution in [1.82, 2.24) is 19.7 Å². The van der Waals surface area contributed by atoms with Crippen LogP contribution in [0.15, 0.2) is 52.6 Å². The third-order valence-electron chi connectivity index (χ3n) is 3.90. The number of hydrogen-bond donors (Lipinski definition) is 0. The van der Waals surface area contributed by atoms with Gasteiger partial charge in [0, 0.05) is 12.0 Å². The Balaban J connectivity index is 1.67. The summed E-state index contributed by atoms with van der Waals surface area (Å²) < 4.78 is 1.83. The van der Waals surface area contributed by atoms with Gasteiger partial charge in [-0.25, -0.2) is 14.6 Å². The molecule has 0 radical (unpaired) electrons. The molecule has 1 aromatic carbocycles. The van der Waals surface area contributed by atoms with Crippen LogP contribution in [-0.2, 0) is 0 Å². The van der Waals surface area contributed by atoms with Gasteiger partial charge in [-0.1, -0.05) is 18.2 Å². The van der Waals surface area contributed by atoms with Crippen molar-refractivity contribution in [3.05, 3.63) is 64.1 Å². The molecule has 9 heteroatoms. The summed E-state index contributed by atoms with van der Waals surface area (Å²) in [6.07, 6.45) is 2.17. The summed E-state index contributed by atoms with van der Waals surface area (Å²) >= 11 is 1.18. The van der Waals surface area contributed by atoms with Crippen molar-refractivity contribution in [2.75, 3.05) is 0 Å². The van der Waals surface area contributed by atoms with E-state index in [1.54, 1.807) is 6.07 Å². The lowest BCUT2D eigenvalue weighted by atomic mass is 10.3. The maximum atomic E-state index is 10.9. The smallest absolute Gasteiger partial charge is 0.258 e. The number of pyridine rings is 1. The zero-order valence-electron chi connectivity index (χ0n) is 13.4. The highest BCUT2D eigenvalue weighted by molar-refractivity contribution is 7.99. The van der Waals surface area contributed by atoms with Gasteiger partial charge < -0.3 is 0 Å². The molecule has 0 spiro atoms. The van der Waals surface area contributed by atoms with Gasteiger partial charge in [0.2, 0.25) is 10.9 Å². The lowest BCUT2D eigenvalue weighted by Crippen LogP contribution is -2.01.